The van der Waals surface area contributed by atoms with Gasteiger partial charge in [0.15, 0.2) is 6.61 Å². The zero-order valence-electron chi connectivity index (χ0n) is 11.9. The van der Waals surface area contributed by atoms with Crippen LogP contribution < -0.4 is 10.2 Å². The number of nitrogens with one attached hydrogen (secondary N) is 1. The minimum atomic E-state index is -0.521. The molecule has 0 aromatic heterocycles. The molecule has 2 aromatic rings. The van der Waals surface area contributed by atoms with Gasteiger partial charge in [-0.25, -0.2) is 5.43 Å². The van der Waals surface area contributed by atoms with E-state index < -0.39 is 10.8 Å². The van der Waals surface area contributed by atoms with Crippen LogP contribution in [-0.2, 0) is 4.79 Å². The largest absolute Gasteiger partial charge is 0.508 e. The average molecular weight is 315 g/mol. The summed E-state index contributed by atoms with van der Waals surface area (Å²) in [7, 11) is 0. The lowest BCUT2D eigenvalue weighted by Gasteiger charge is -2.04. The third kappa shape index (κ3) is 5.12. The van der Waals surface area contributed by atoms with Gasteiger partial charge in [-0.3, -0.25) is 14.9 Å². The van der Waals surface area contributed by atoms with Crippen molar-refractivity contribution in [2.75, 3.05) is 6.61 Å². The van der Waals surface area contributed by atoms with Crippen molar-refractivity contribution in [3.05, 3.63) is 64.2 Å². The fraction of sp³-hybridized carbons (Fsp3) is 0.0667. The Morgan fingerprint density at radius 1 is 1.30 bits per heavy atom. The number of ether oxygens (including phenoxy) is 1. The van der Waals surface area contributed by atoms with Crippen LogP contribution >= 0.6 is 0 Å². The molecule has 8 heteroatoms. The molecule has 0 unspecified atom stereocenters. The number of amides is 1. The Morgan fingerprint density at radius 3 is 2.70 bits per heavy atom. The lowest BCUT2D eigenvalue weighted by Crippen LogP contribution is -2.24. The maximum absolute atomic E-state index is 11.5. The normalized spacial score (nSPS) is 10.4. The van der Waals surface area contributed by atoms with Gasteiger partial charge in [0.25, 0.3) is 11.6 Å². The zero-order valence-corrected chi connectivity index (χ0v) is 11.9. The second kappa shape index (κ2) is 7.55. The molecule has 0 heterocycles. The molecule has 0 saturated heterocycles. The molecule has 0 spiro atoms. The first-order valence-corrected chi connectivity index (χ1v) is 6.53. The van der Waals surface area contributed by atoms with Crippen molar-refractivity contribution in [1.29, 1.82) is 0 Å². The number of carbonyl (C=O) groups excluding carboxylic acids is 1. The van der Waals surface area contributed by atoms with E-state index in [4.69, 9.17) is 4.74 Å². The highest BCUT2D eigenvalue weighted by Crippen LogP contribution is 2.17. The molecule has 0 atom stereocenters. The number of nitrogens with zero attached hydrogens (tertiary/aromatic N) is 2. The van der Waals surface area contributed by atoms with Gasteiger partial charge in [0.05, 0.1) is 11.1 Å². The Hall–Kier alpha value is -3.42. The summed E-state index contributed by atoms with van der Waals surface area (Å²) in [5, 5.41) is 23.5. The van der Waals surface area contributed by atoms with E-state index in [-0.39, 0.29) is 18.0 Å². The maximum atomic E-state index is 11.5. The van der Waals surface area contributed by atoms with E-state index in [9.17, 15) is 20.0 Å². The van der Waals surface area contributed by atoms with Gasteiger partial charge < -0.3 is 9.84 Å². The van der Waals surface area contributed by atoms with Crippen molar-refractivity contribution in [3.8, 4) is 11.5 Å². The Labute approximate surface area is 131 Å². The Kier molecular flexibility index (Phi) is 5.24. The average Bonchev–Trinajstić information content (AvgIpc) is 2.53. The molecule has 118 valence electrons. The molecular weight excluding hydrogens is 302 g/mol. The third-order valence-corrected chi connectivity index (χ3v) is 2.69. The number of hydrogen-bond donors (Lipinski definition) is 2. The second-order valence-electron chi connectivity index (χ2n) is 4.43. The number of hydrogen-bond acceptors (Lipinski definition) is 6. The molecule has 0 saturated carbocycles. The number of nitro benzene ring substituents is 1. The summed E-state index contributed by atoms with van der Waals surface area (Å²) < 4.78 is 5.18. The topological polar surface area (TPSA) is 114 Å². The number of nitro groups is 1. The van der Waals surface area contributed by atoms with Crippen LogP contribution in [0.4, 0.5) is 5.69 Å². The summed E-state index contributed by atoms with van der Waals surface area (Å²) in [5.74, 6) is -0.0516. The van der Waals surface area contributed by atoms with E-state index in [0.29, 0.717) is 11.3 Å². The number of phenolic OH excluding ortho intramolecular Hbond substituents is 1. The zero-order chi connectivity index (χ0) is 16.7. The van der Waals surface area contributed by atoms with Crippen LogP contribution in [0.3, 0.4) is 0 Å². The lowest BCUT2D eigenvalue weighted by molar-refractivity contribution is -0.384. The van der Waals surface area contributed by atoms with Crippen LogP contribution in [0.2, 0.25) is 0 Å². The Balaban J connectivity index is 1.79. The molecule has 23 heavy (non-hydrogen) atoms. The SMILES string of the molecule is O=C(COc1ccc([N+](=O)[O-])cc1)NN=Cc1cccc(O)c1. The number of phenols is 1. The predicted octanol–water partition coefficient (Wildman–Crippen LogP) is 1.83. The van der Waals surface area contributed by atoms with E-state index in [1.807, 2.05) is 0 Å². The van der Waals surface area contributed by atoms with Gasteiger partial charge in [0.2, 0.25) is 0 Å². The monoisotopic (exact) mass is 315 g/mol. The summed E-state index contributed by atoms with van der Waals surface area (Å²) in [4.78, 5) is 21.5. The van der Waals surface area contributed by atoms with Gasteiger partial charge >= 0.3 is 0 Å². The quantitative estimate of drug-likeness (QED) is 0.479. The van der Waals surface area contributed by atoms with E-state index in [2.05, 4.69) is 10.5 Å². The number of hydrazone groups is 1. The minimum Gasteiger partial charge on any atom is -0.508 e. The summed E-state index contributed by atoms with van der Waals surface area (Å²) in [6.45, 7) is -0.283. The summed E-state index contributed by atoms with van der Waals surface area (Å²) >= 11 is 0. The molecule has 0 aliphatic carbocycles. The van der Waals surface area contributed by atoms with Crippen molar-refractivity contribution in [3.63, 3.8) is 0 Å². The van der Waals surface area contributed by atoms with Crippen LogP contribution in [-0.4, -0.2) is 28.8 Å². The summed E-state index contributed by atoms with van der Waals surface area (Å²) in [6, 6.07) is 11.7. The fourth-order valence-electron chi connectivity index (χ4n) is 1.63. The molecule has 8 nitrogen and oxygen atoms in total. The molecule has 2 aromatic carbocycles. The highest BCUT2D eigenvalue weighted by molar-refractivity contribution is 5.83. The van der Waals surface area contributed by atoms with Crippen molar-refractivity contribution < 1.29 is 19.6 Å². The first-order valence-electron chi connectivity index (χ1n) is 6.53. The second-order valence-corrected chi connectivity index (χ2v) is 4.43. The molecule has 2 rings (SSSR count). The minimum absolute atomic E-state index is 0.0579. The maximum Gasteiger partial charge on any atom is 0.277 e. The van der Waals surface area contributed by atoms with Crippen LogP contribution in [0, 0.1) is 10.1 Å². The van der Waals surface area contributed by atoms with Gasteiger partial charge in [-0.2, -0.15) is 5.10 Å². The number of benzene rings is 2. The van der Waals surface area contributed by atoms with Gasteiger partial charge in [0, 0.05) is 12.1 Å². The van der Waals surface area contributed by atoms with Crippen molar-refractivity contribution in [2.24, 2.45) is 5.10 Å². The number of carbonyl (C=O) groups is 1. The van der Waals surface area contributed by atoms with Gasteiger partial charge in [-0.1, -0.05) is 12.1 Å². The smallest absolute Gasteiger partial charge is 0.277 e. The molecule has 0 aliphatic rings. The van der Waals surface area contributed by atoms with Crippen molar-refractivity contribution >= 4 is 17.8 Å². The molecule has 0 radical (unpaired) electrons. The van der Waals surface area contributed by atoms with Crippen LogP contribution in [0.15, 0.2) is 53.6 Å². The molecular formula is C15H13N3O5. The van der Waals surface area contributed by atoms with Crippen LogP contribution in [0.5, 0.6) is 11.5 Å². The predicted molar refractivity (Wildman–Crippen MR) is 82.4 cm³/mol. The van der Waals surface area contributed by atoms with Gasteiger partial charge in [-0.05, 0) is 29.8 Å². The van der Waals surface area contributed by atoms with E-state index in [1.54, 1.807) is 12.1 Å². The first kappa shape index (κ1) is 16.0. The Morgan fingerprint density at radius 2 is 2.04 bits per heavy atom. The number of rotatable bonds is 6. The lowest BCUT2D eigenvalue weighted by atomic mass is 10.2. The molecule has 2 N–H and O–H groups in total. The number of aromatic hydroxyl groups is 1. The van der Waals surface area contributed by atoms with E-state index >= 15 is 0 Å². The van der Waals surface area contributed by atoms with E-state index in [1.165, 1.54) is 42.6 Å². The summed E-state index contributed by atoms with van der Waals surface area (Å²) in [6.07, 6.45) is 1.38. The molecule has 1 amide bonds. The Bertz CT molecular complexity index is 728. The number of non-ortho nitro benzene ring substituents is 1. The van der Waals surface area contributed by atoms with Crippen LogP contribution in [0.1, 0.15) is 5.56 Å². The van der Waals surface area contributed by atoms with Gasteiger partial charge in [-0.15, -0.1) is 0 Å². The fourth-order valence-corrected chi connectivity index (χ4v) is 1.63. The third-order valence-electron chi connectivity index (χ3n) is 2.69. The van der Waals surface area contributed by atoms with Crippen molar-refractivity contribution in [2.45, 2.75) is 0 Å². The van der Waals surface area contributed by atoms with Gasteiger partial charge in [0.1, 0.15) is 11.5 Å². The standard InChI is InChI=1S/C15H13N3O5/c19-13-3-1-2-11(8-13)9-16-17-15(20)10-23-14-6-4-12(5-7-14)18(21)22/h1-9,19H,10H2,(H,17,20). The van der Waals surface area contributed by atoms with Crippen LogP contribution in [0.25, 0.3) is 0 Å². The highest BCUT2D eigenvalue weighted by atomic mass is 16.6. The van der Waals surface area contributed by atoms with Crippen molar-refractivity contribution in [1.82, 2.24) is 5.43 Å². The molecule has 0 fully saturated rings. The van der Waals surface area contributed by atoms with E-state index in [0.717, 1.165) is 0 Å². The highest BCUT2D eigenvalue weighted by Gasteiger charge is 2.06. The first-order chi connectivity index (χ1) is 11.0. The summed E-state index contributed by atoms with van der Waals surface area (Å²) in [5.41, 5.74) is 2.83. The molecule has 0 bridgehead atoms. The molecule has 0 aliphatic heterocycles.